The fraction of sp³-hybridized carbons (Fsp3) is 0.0556. The number of aromatic nitrogens is 1. The van der Waals surface area contributed by atoms with Crippen molar-refractivity contribution in [2.24, 2.45) is 0 Å². The molecular weight excluding hydrogens is 260 g/mol. The van der Waals surface area contributed by atoms with Gasteiger partial charge in [-0.25, -0.2) is 0 Å². The zero-order valence-corrected chi connectivity index (χ0v) is 11.4. The van der Waals surface area contributed by atoms with E-state index in [1.807, 2.05) is 24.3 Å². The van der Waals surface area contributed by atoms with Crippen LogP contribution >= 0.6 is 0 Å². The van der Waals surface area contributed by atoms with Crippen molar-refractivity contribution in [3.8, 4) is 0 Å². The zero-order chi connectivity index (χ0) is 14.1. The summed E-state index contributed by atoms with van der Waals surface area (Å²) >= 11 is 0. The first kappa shape index (κ1) is 12.0. The summed E-state index contributed by atoms with van der Waals surface area (Å²) < 4.78 is 5.68. The SMILES string of the molecule is c1ccc2c(CNc3nc4ccccc4o3)cccc2c1. The first-order valence-electron chi connectivity index (χ1n) is 6.96. The van der Waals surface area contributed by atoms with Crippen molar-refractivity contribution in [1.29, 1.82) is 0 Å². The lowest BCUT2D eigenvalue weighted by atomic mass is 10.0. The van der Waals surface area contributed by atoms with Crippen molar-refractivity contribution in [3.05, 3.63) is 72.3 Å². The van der Waals surface area contributed by atoms with Gasteiger partial charge in [-0.2, -0.15) is 4.98 Å². The van der Waals surface area contributed by atoms with Gasteiger partial charge in [0, 0.05) is 6.54 Å². The molecule has 1 heterocycles. The Labute approximate surface area is 122 Å². The van der Waals surface area contributed by atoms with Crippen LogP contribution in [-0.4, -0.2) is 4.98 Å². The predicted molar refractivity (Wildman–Crippen MR) is 85.3 cm³/mol. The summed E-state index contributed by atoms with van der Waals surface area (Å²) in [6.07, 6.45) is 0. The molecule has 4 rings (SSSR count). The highest BCUT2D eigenvalue weighted by atomic mass is 16.4. The van der Waals surface area contributed by atoms with Crippen molar-refractivity contribution >= 4 is 27.9 Å². The number of rotatable bonds is 3. The van der Waals surface area contributed by atoms with Gasteiger partial charge in [-0.15, -0.1) is 0 Å². The van der Waals surface area contributed by atoms with Crippen molar-refractivity contribution in [3.63, 3.8) is 0 Å². The summed E-state index contributed by atoms with van der Waals surface area (Å²) in [5.74, 6) is 0. The molecule has 0 bridgehead atoms. The Hall–Kier alpha value is -2.81. The Morgan fingerprint density at radius 3 is 2.62 bits per heavy atom. The van der Waals surface area contributed by atoms with E-state index in [-0.39, 0.29) is 0 Å². The molecule has 1 N–H and O–H groups in total. The minimum absolute atomic E-state index is 0.559. The highest BCUT2D eigenvalue weighted by molar-refractivity contribution is 5.85. The van der Waals surface area contributed by atoms with Crippen molar-refractivity contribution < 1.29 is 4.42 Å². The van der Waals surface area contributed by atoms with Crippen LogP contribution in [0.15, 0.2) is 71.1 Å². The van der Waals surface area contributed by atoms with Crippen molar-refractivity contribution in [2.45, 2.75) is 6.54 Å². The molecule has 0 unspecified atom stereocenters. The van der Waals surface area contributed by atoms with Gasteiger partial charge in [0.15, 0.2) is 5.58 Å². The number of fused-ring (bicyclic) bond motifs is 2. The lowest BCUT2D eigenvalue weighted by Gasteiger charge is -2.06. The molecule has 0 fully saturated rings. The maximum Gasteiger partial charge on any atom is 0.295 e. The summed E-state index contributed by atoms with van der Waals surface area (Å²) in [5, 5.41) is 5.76. The fourth-order valence-electron chi connectivity index (χ4n) is 2.57. The Morgan fingerprint density at radius 1 is 0.857 bits per heavy atom. The lowest BCUT2D eigenvalue weighted by Crippen LogP contribution is -2.00. The van der Waals surface area contributed by atoms with Crippen LogP contribution in [0.5, 0.6) is 0 Å². The number of hydrogen-bond donors (Lipinski definition) is 1. The number of para-hydroxylation sites is 2. The summed E-state index contributed by atoms with van der Waals surface area (Å²) in [5.41, 5.74) is 2.91. The molecule has 4 aromatic rings. The normalized spacial score (nSPS) is 11.0. The quantitative estimate of drug-likeness (QED) is 0.593. The third-order valence-corrected chi connectivity index (χ3v) is 3.60. The molecule has 3 heteroatoms. The molecule has 1 aromatic heterocycles. The van der Waals surface area contributed by atoms with Crippen molar-refractivity contribution in [1.82, 2.24) is 4.98 Å². The molecule has 102 valence electrons. The summed E-state index contributed by atoms with van der Waals surface area (Å²) in [7, 11) is 0. The number of benzene rings is 3. The van der Waals surface area contributed by atoms with E-state index in [4.69, 9.17) is 4.42 Å². The Kier molecular flexibility index (Phi) is 2.82. The third-order valence-electron chi connectivity index (χ3n) is 3.60. The Balaban J connectivity index is 1.63. The highest BCUT2D eigenvalue weighted by Crippen LogP contribution is 2.21. The maximum absolute atomic E-state index is 5.68. The van der Waals surface area contributed by atoms with Gasteiger partial charge < -0.3 is 9.73 Å². The van der Waals surface area contributed by atoms with Crippen LogP contribution in [0.2, 0.25) is 0 Å². The van der Waals surface area contributed by atoms with E-state index in [1.165, 1.54) is 16.3 Å². The van der Waals surface area contributed by atoms with Gasteiger partial charge in [-0.1, -0.05) is 54.6 Å². The lowest BCUT2D eigenvalue weighted by molar-refractivity contribution is 0.614. The monoisotopic (exact) mass is 274 g/mol. The highest BCUT2D eigenvalue weighted by Gasteiger charge is 2.05. The molecule has 3 nitrogen and oxygen atoms in total. The molecule has 0 radical (unpaired) electrons. The van der Waals surface area contributed by atoms with E-state index in [1.54, 1.807) is 0 Å². The standard InChI is InChI=1S/C18H14N2O/c1-2-9-15-13(6-1)7-5-8-14(15)12-19-18-20-16-10-3-4-11-17(16)21-18/h1-11H,12H2,(H,19,20). The van der Waals surface area contributed by atoms with Gasteiger partial charge in [-0.05, 0) is 28.5 Å². The fourth-order valence-corrected chi connectivity index (χ4v) is 2.57. The first-order valence-corrected chi connectivity index (χ1v) is 6.96. The van der Waals surface area contributed by atoms with Crippen molar-refractivity contribution in [2.75, 3.05) is 5.32 Å². The molecular formula is C18H14N2O. The van der Waals surface area contributed by atoms with Crippen LogP contribution in [0.4, 0.5) is 6.01 Å². The molecule has 0 spiro atoms. The smallest absolute Gasteiger partial charge is 0.295 e. The second-order valence-electron chi connectivity index (χ2n) is 4.98. The number of oxazole rings is 1. The Bertz CT molecular complexity index is 873. The number of nitrogens with zero attached hydrogens (tertiary/aromatic N) is 1. The maximum atomic E-state index is 5.68. The molecule has 3 aromatic carbocycles. The first-order chi connectivity index (χ1) is 10.4. The van der Waals surface area contributed by atoms with Crippen LogP contribution in [0, 0.1) is 0 Å². The number of anilines is 1. The van der Waals surface area contributed by atoms with Crippen LogP contribution < -0.4 is 5.32 Å². The minimum atomic E-state index is 0.559. The molecule has 0 saturated carbocycles. The second kappa shape index (κ2) is 4.94. The molecule has 0 saturated heterocycles. The number of hydrogen-bond acceptors (Lipinski definition) is 3. The molecule has 21 heavy (non-hydrogen) atoms. The van der Waals surface area contributed by atoms with Gasteiger partial charge in [0.05, 0.1) is 0 Å². The van der Waals surface area contributed by atoms with Crippen LogP contribution in [0.3, 0.4) is 0 Å². The van der Waals surface area contributed by atoms with Gasteiger partial charge in [0.25, 0.3) is 6.01 Å². The van der Waals surface area contributed by atoms with Gasteiger partial charge in [0.1, 0.15) is 5.52 Å². The van der Waals surface area contributed by atoms with E-state index in [0.29, 0.717) is 12.6 Å². The second-order valence-corrected chi connectivity index (χ2v) is 4.98. The third kappa shape index (κ3) is 2.23. The Morgan fingerprint density at radius 2 is 1.67 bits per heavy atom. The summed E-state index contributed by atoms with van der Waals surface area (Å²) in [6.45, 7) is 0.689. The largest absolute Gasteiger partial charge is 0.424 e. The topological polar surface area (TPSA) is 38.1 Å². The van der Waals surface area contributed by atoms with E-state index < -0.39 is 0 Å². The molecule has 0 aliphatic rings. The van der Waals surface area contributed by atoms with E-state index in [2.05, 4.69) is 52.8 Å². The molecule has 0 atom stereocenters. The van der Waals surface area contributed by atoms with E-state index in [9.17, 15) is 0 Å². The van der Waals surface area contributed by atoms with Gasteiger partial charge >= 0.3 is 0 Å². The van der Waals surface area contributed by atoms with E-state index >= 15 is 0 Å². The predicted octanol–water partition coefficient (Wildman–Crippen LogP) is 4.59. The average Bonchev–Trinajstić information content (AvgIpc) is 2.96. The number of nitrogens with one attached hydrogen (secondary N) is 1. The minimum Gasteiger partial charge on any atom is -0.424 e. The molecule has 0 amide bonds. The van der Waals surface area contributed by atoms with Gasteiger partial charge in [0.2, 0.25) is 0 Å². The summed E-state index contributed by atoms with van der Waals surface area (Å²) in [6, 6.07) is 23.0. The van der Waals surface area contributed by atoms with Crippen LogP contribution in [-0.2, 0) is 6.54 Å². The summed E-state index contributed by atoms with van der Waals surface area (Å²) in [4.78, 5) is 4.43. The van der Waals surface area contributed by atoms with Crippen LogP contribution in [0.25, 0.3) is 21.9 Å². The molecule has 0 aliphatic heterocycles. The molecule has 0 aliphatic carbocycles. The van der Waals surface area contributed by atoms with E-state index in [0.717, 1.165) is 11.1 Å². The zero-order valence-electron chi connectivity index (χ0n) is 11.4. The van der Waals surface area contributed by atoms with Crippen LogP contribution in [0.1, 0.15) is 5.56 Å². The average molecular weight is 274 g/mol. The van der Waals surface area contributed by atoms with Gasteiger partial charge in [-0.3, -0.25) is 0 Å².